The van der Waals surface area contributed by atoms with Crippen LogP contribution in [-0.2, 0) is 10.2 Å². The minimum atomic E-state index is 0.229. The fourth-order valence-electron chi connectivity index (χ4n) is 5.74. The van der Waals surface area contributed by atoms with Crippen LogP contribution in [0.2, 0.25) is 0 Å². The highest BCUT2D eigenvalue weighted by atomic mass is 16.3. The van der Waals surface area contributed by atoms with Crippen molar-refractivity contribution >= 4 is 5.78 Å². The van der Waals surface area contributed by atoms with Crippen molar-refractivity contribution in [2.75, 3.05) is 0 Å². The third-order valence-electron chi connectivity index (χ3n) is 7.48. The van der Waals surface area contributed by atoms with Crippen molar-refractivity contribution in [3.63, 3.8) is 0 Å². The molecule has 0 aromatic heterocycles. The average Bonchev–Trinajstić information content (AvgIpc) is 2.70. The molecule has 0 bridgehead atoms. The standard InChI is InChI=1S/C25H38O2/c1-2-3-4-5-6-7-20-16-18-25(19-17-20,21-8-12-23(26)13-9-21)22-10-14-24(27)15-11-22/h8-9,12-13,20,22,26H,2-7,10-11,14-19H2,1H3. The van der Waals surface area contributed by atoms with E-state index in [-0.39, 0.29) is 5.41 Å². The van der Waals surface area contributed by atoms with Crippen LogP contribution in [0.3, 0.4) is 0 Å². The van der Waals surface area contributed by atoms with Crippen LogP contribution in [0.5, 0.6) is 5.75 Å². The summed E-state index contributed by atoms with van der Waals surface area (Å²) in [7, 11) is 0. The second kappa shape index (κ2) is 9.75. The third kappa shape index (κ3) is 5.15. The van der Waals surface area contributed by atoms with Gasteiger partial charge in [-0.05, 0) is 73.5 Å². The van der Waals surface area contributed by atoms with Crippen molar-refractivity contribution < 1.29 is 9.90 Å². The SMILES string of the molecule is CCCCCCCC1CCC(c2ccc(O)cc2)(C2CCC(=O)CC2)CC1. The number of unbranched alkanes of at least 4 members (excludes halogenated alkanes) is 4. The molecule has 0 heterocycles. The Morgan fingerprint density at radius 2 is 1.56 bits per heavy atom. The second-order valence-electron chi connectivity index (χ2n) is 9.16. The fourth-order valence-corrected chi connectivity index (χ4v) is 5.74. The summed E-state index contributed by atoms with van der Waals surface area (Å²) in [6.07, 6.45) is 17.1. The summed E-state index contributed by atoms with van der Waals surface area (Å²) in [5.74, 6) is 2.33. The van der Waals surface area contributed by atoms with Gasteiger partial charge in [0.1, 0.15) is 11.5 Å². The van der Waals surface area contributed by atoms with Crippen molar-refractivity contribution in [2.24, 2.45) is 11.8 Å². The van der Waals surface area contributed by atoms with Gasteiger partial charge in [-0.15, -0.1) is 0 Å². The number of rotatable bonds is 8. The molecule has 1 aromatic carbocycles. The van der Waals surface area contributed by atoms with Crippen LogP contribution in [0.15, 0.2) is 24.3 Å². The van der Waals surface area contributed by atoms with Gasteiger partial charge in [0, 0.05) is 12.8 Å². The maximum absolute atomic E-state index is 11.8. The fraction of sp³-hybridized carbons (Fsp3) is 0.720. The predicted molar refractivity (Wildman–Crippen MR) is 112 cm³/mol. The number of benzene rings is 1. The van der Waals surface area contributed by atoms with Crippen LogP contribution < -0.4 is 0 Å². The topological polar surface area (TPSA) is 37.3 Å². The zero-order valence-electron chi connectivity index (χ0n) is 17.2. The van der Waals surface area contributed by atoms with Crippen molar-refractivity contribution in [3.05, 3.63) is 29.8 Å². The van der Waals surface area contributed by atoms with Crippen molar-refractivity contribution in [1.29, 1.82) is 0 Å². The number of Topliss-reactive ketones (excluding diaryl/α,β-unsaturated/α-hetero) is 1. The van der Waals surface area contributed by atoms with Crippen LogP contribution >= 0.6 is 0 Å². The first-order valence-corrected chi connectivity index (χ1v) is 11.5. The summed E-state index contributed by atoms with van der Waals surface area (Å²) in [4.78, 5) is 11.8. The predicted octanol–water partition coefficient (Wildman–Crippen LogP) is 6.94. The van der Waals surface area contributed by atoms with Gasteiger partial charge in [-0.25, -0.2) is 0 Å². The summed E-state index contributed by atoms with van der Waals surface area (Å²) in [6.45, 7) is 2.28. The Morgan fingerprint density at radius 1 is 0.926 bits per heavy atom. The zero-order chi connectivity index (χ0) is 19.1. The number of carbonyl (C=O) groups is 1. The Hall–Kier alpha value is -1.31. The van der Waals surface area contributed by atoms with Gasteiger partial charge in [0.25, 0.3) is 0 Å². The lowest BCUT2D eigenvalue weighted by Gasteiger charge is -2.47. The minimum Gasteiger partial charge on any atom is -0.508 e. The number of phenolic OH excluding ortho intramolecular Hbond substituents is 1. The van der Waals surface area contributed by atoms with Gasteiger partial charge in [0.05, 0.1) is 0 Å². The van der Waals surface area contributed by atoms with E-state index in [9.17, 15) is 9.90 Å². The summed E-state index contributed by atoms with van der Waals surface area (Å²) in [5.41, 5.74) is 1.63. The Labute approximate surface area is 165 Å². The first-order valence-electron chi connectivity index (χ1n) is 11.5. The molecule has 3 rings (SSSR count). The van der Waals surface area contributed by atoms with E-state index in [2.05, 4.69) is 19.1 Å². The van der Waals surface area contributed by atoms with Gasteiger partial charge in [-0.3, -0.25) is 4.79 Å². The first-order chi connectivity index (χ1) is 13.1. The largest absolute Gasteiger partial charge is 0.508 e. The van der Waals surface area contributed by atoms with E-state index < -0.39 is 0 Å². The van der Waals surface area contributed by atoms with E-state index in [0.29, 0.717) is 17.5 Å². The molecule has 1 N–H and O–H groups in total. The lowest BCUT2D eigenvalue weighted by atomic mass is 9.57. The summed E-state index contributed by atoms with van der Waals surface area (Å²) < 4.78 is 0. The normalized spacial score (nSPS) is 27.0. The molecule has 0 amide bonds. The number of hydrogen-bond acceptors (Lipinski definition) is 2. The van der Waals surface area contributed by atoms with Gasteiger partial charge in [0.15, 0.2) is 0 Å². The first kappa shape index (κ1) is 20.4. The molecular weight excluding hydrogens is 332 g/mol. The van der Waals surface area contributed by atoms with E-state index in [1.165, 1.54) is 69.8 Å². The lowest BCUT2D eigenvalue weighted by Crippen LogP contribution is -2.41. The molecular formula is C25H38O2. The Morgan fingerprint density at radius 3 is 2.19 bits per heavy atom. The third-order valence-corrected chi connectivity index (χ3v) is 7.48. The minimum absolute atomic E-state index is 0.229. The number of ketones is 1. The average molecular weight is 371 g/mol. The van der Waals surface area contributed by atoms with Gasteiger partial charge < -0.3 is 5.11 Å². The summed E-state index contributed by atoms with van der Waals surface area (Å²) in [6, 6.07) is 8.00. The van der Waals surface area contributed by atoms with Crippen LogP contribution in [-0.4, -0.2) is 10.9 Å². The van der Waals surface area contributed by atoms with Gasteiger partial charge >= 0.3 is 0 Å². The molecule has 27 heavy (non-hydrogen) atoms. The number of hydrogen-bond donors (Lipinski definition) is 1. The van der Waals surface area contributed by atoms with Crippen molar-refractivity contribution in [1.82, 2.24) is 0 Å². The molecule has 1 aromatic rings. The van der Waals surface area contributed by atoms with Gasteiger partial charge in [0.2, 0.25) is 0 Å². The quantitative estimate of drug-likeness (QED) is 0.503. The summed E-state index contributed by atoms with van der Waals surface area (Å²) >= 11 is 0. The zero-order valence-corrected chi connectivity index (χ0v) is 17.2. The second-order valence-corrected chi connectivity index (χ2v) is 9.16. The Bertz CT molecular complexity index is 571. The molecule has 2 saturated carbocycles. The molecule has 0 aliphatic heterocycles. The maximum Gasteiger partial charge on any atom is 0.132 e. The van der Waals surface area contributed by atoms with E-state index in [1.807, 2.05) is 12.1 Å². The molecule has 2 aliphatic carbocycles. The molecule has 2 aliphatic rings. The molecule has 150 valence electrons. The van der Waals surface area contributed by atoms with E-state index in [4.69, 9.17) is 0 Å². The molecule has 0 saturated heterocycles. The van der Waals surface area contributed by atoms with Gasteiger partial charge in [-0.2, -0.15) is 0 Å². The van der Waals surface area contributed by atoms with E-state index in [1.54, 1.807) is 0 Å². The molecule has 2 fully saturated rings. The van der Waals surface area contributed by atoms with Crippen LogP contribution in [0, 0.1) is 11.8 Å². The van der Waals surface area contributed by atoms with Crippen molar-refractivity contribution in [2.45, 2.75) is 102 Å². The molecule has 2 heteroatoms. The Balaban J connectivity index is 1.64. The smallest absolute Gasteiger partial charge is 0.132 e. The number of phenols is 1. The number of carbonyl (C=O) groups excluding carboxylic acids is 1. The lowest BCUT2D eigenvalue weighted by molar-refractivity contribution is -0.121. The van der Waals surface area contributed by atoms with Crippen molar-refractivity contribution in [3.8, 4) is 5.75 Å². The van der Waals surface area contributed by atoms with Crippen LogP contribution in [0.4, 0.5) is 0 Å². The highest BCUT2D eigenvalue weighted by molar-refractivity contribution is 5.79. The van der Waals surface area contributed by atoms with E-state index >= 15 is 0 Å². The molecule has 0 spiro atoms. The van der Waals surface area contributed by atoms with E-state index in [0.717, 1.165) is 31.6 Å². The van der Waals surface area contributed by atoms with Crippen LogP contribution in [0.25, 0.3) is 0 Å². The van der Waals surface area contributed by atoms with Crippen LogP contribution in [0.1, 0.15) is 102 Å². The molecule has 0 unspecified atom stereocenters. The molecule has 0 radical (unpaired) electrons. The molecule has 0 atom stereocenters. The summed E-state index contributed by atoms with van der Waals surface area (Å²) in [5, 5.41) is 9.74. The molecule has 2 nitrogen and oxygen atoms in total. The monoisotopic (exact) mass is 370 g/mol. The highest BCUT2D eigenvalue weighted by Crippen LogP contribution is 2.51. The highest BCUT2D eigenvalue weighted by Gasteiger charge is 2.43. The number of aromatic hydroxyl groups is 1. The Kier molecular flexibility index (Phi) is 7.38. The maximum atomic E-state index is 11.8. The van der Waals surface area contributed by atoms with Gasteiger partial charge in [-0.1, -0.05) is 57.6 Å².